The molecule has 0 fully saturated rings. The summed E-state index contributed by atoms with van der Waals surface area (Å²) in [6.45, 7) is 3.61. The highest BCUT2D eigenvalue weighted by atomic mass is 79.9. The van der Waals surface area contributed by atoms with Gasteiger partial charge in [0.1, 0.15) is 0 Å². The third-order valence-corrected chi connectivity index (χ3v) is 3.19. The molecule has 0 spiro atoms. The first kappa shape index (κ1) is 10.4. The van der Waals surface area contributed by atoms with Crippen LogP contribution in [0.4, 0.5) is 0 Å². The molecule has 78 valence electrons. The Balaban J connectivity index is 2.71. The second kappa shape index (κ2) is 3.17. The predicted molar refractivity (Wildman–Crippen MR) is 59.6 cm³/mol. The van der Waals surface area contributed by atoms with Gasteiger partial charge in [-0.2, -0.15) is 0 Å². The lowest BCUT2D eigenvalue weighted by atomic mass is 9.78. The van der Waals surface area contributed by atoms with Gasteiger partial charge in [-0.3, -0.25) is 14.9 Å². The number of hydrogen-bond donors (Lipinski definition) is 1. The van der Waals surface area contributed by atoms with Gasteiger partial charge in [0.05, 0.1) is 5.41 Å². The number of rotatable bonds is 0. The van der Waals surface area contributed by atoms with Crippen LogP contribution in [0.5, 0.6) is 0 Å². The fourth-order valence-corrected chi connectivity index (χ4v) is 2.04. The van der Waals surface area contributed by atoms with Gasteiger partial charge >= 0.3 is 0 Å². The Bertz CT molecular complexity index is 466. The van der Waals surface area contributed by atoms with Gasteiger partial charge in [0.25, 0.3) is 5.91 Å². The summed E-state index contributed by atoms with van der Waals surface area (Å²) in [6.07, 6.45) is 0. The van der Waals surface area contributed by atoms with E-state index in [0.29, 0.717) is 5.56 Å². The highest BCUT2D eigenvalue weighted by Crippen LogP contribution is 2.32. The summed E-state index contributed by atoms with van der Waals surface area (Å²) in [4.78, 5) is 23.2. The average molecular weight is 268 g/mol. The maximum Gasteiger partial charge on any atom is 0.258 e. The van der Waals surface area contributed by atoms with Gasteiger partial charge in [0, 0.05) is 10.0 Å². The van der Waals surface area contributed by atoms with Crippen LogP contribution in [0.1, 0.15) is 29.8 Å². The van der Waals surface area contributed by atoms with Crippen LogP contribution < -0.4 is 5.32 Å². The molecule has 2 rings (SSSR count). The fraction of sp³-hybridized carbons (Fsp3) is 0.273. The van der Waals surface area contributed by atoms with Crippen LogP contribution in [-0.4, -0.2) is 11.8 Å². The molecule has 1 aromatic carbocycles. The van der Waals surface area contributed by atoms with Gasteiger partial charge in [-0.25, -0.2) is 0 Å². The van der Waals surface area contributed by atoms with Gasteiger partial charge in [0.2, 0.25) is 5.91 Å². The smallest absolute Gasteiger partial charge is 0.258 e. The van der Waals surface area contributed by atoms with Crippen molar-refractivity contribution in [2.45, 2.75) is 19.3 Å². The molecule has 1 aromatic rings. The maximum atomic E-state index is 11.7. The summed E-state index contributed by atoms with van der Waals surface area (Å²) in [5, 5.41) is 2.35. The topological polar surface area (TPSA) is 46.2 Å². The number of carbonyl (C=O) groups excluding carboxylic acids is 2. The van der Waals surface area contributed by atoms with Gasteiger partial charge in [-0.15, -0.1) is 0 Å². The normalized spacial score (nSPS) is 18.3. The molecule has 1 aliphatic heterocycles. The molecule has 3 nitrogen and oxygen atoms in total. The van der Waals surface area contributed by atoms with E-state index in [-0.39, 0.29) is 11.8 Å². The van der Waals surface area contributed by atoms with Crippen LogP contribution in [0.25, 0.3) is 0 Å². The molecule has 0 unspecified atom stereocenters. The van der Waals surface area contributed by atoms with Crippen molar-refractivity contribution in [3.8, 4) is 0 Å². The van der Waals surface area contributed by atoms with Crippen LogP contribution >= 0.6 is 15.9 Å². The van der Waals surface area contributed by atoms with E-state index < -0.39 is 5.41 Å². The molecule has 2 amide bonds. The molecule has 0 bridgehead atoms. The van der Waals surface area contributed by atoms with Gasteiger partial charge in [-0.05, 0) is 37.6 Å². The largest absolute Gasteiger partial charge is 0.292 e. The first-order chi connectivity index (χ1) is 6.93. The number of amides is 2. The summed E-state index contributed by atoms with van der Waals surface area (Å²) in [6, 6.07) is 5.35. The van der Waals surface area contributed by atoms with Crippen LogP contribution in [0.2, 0.25) is 0 Å². The zero-order chi connectivity index (χ0) is 11.2. The quantitative estimate of drug-likeness (QED) is 0.731. The lowest BCUT2D eigenvalue weighted by Crippen LogP contribution is -2.48. The molecular formula is C11H10BrNO2. The monoisotopic (exact) mass is 267 g/mol. The van der Waals surface area contributed by atoms with Crippen LogP contribution in [0.3, 0.4) is 0 Å². The predicted octanol–water partition coefficient (Wildman–Crippen LogP) is 2.00. The molecule has 0 atom stereocenters. The third kappa shape index (κ3) is 1.49. The molecule has 4 heteroatoms. The minimum absolute atomic E-state index is 0.252. The van der Waals surface area contributed by atoms with Crippen molar-refractivity contribution in [1.82, 2.24) is 5.32 Å². The minimum atomic E-state index is -0.660. The summed E-state index contributed by atoms with van der Waals surface area (Å²) in [7, 11) is 0. The Hall–Kier alpha value is -1.16. The first-order valence-electron chi connectivity index (χ1n) is 4.59. The summed E-state index contributed by atoms with van der Waals surface area (Å²) >= 11 is 3.34. The standard InChI is InChI=1S/C11H10BrNO2/c1-11(2)8-5-6(12)3-4-7(8)9(14)13-10(11)15/h3-5H,1-2H3,(H,13,14,15). The van der Waals surface area contributed by atoms with Crippen molar-refractivity contribution in [2.75, 3.05) is 0 Å². The molecule has 0 saturated carbocycles. The summed E-state index contributed by atoms with van der Waals surface area (Å²) < 4.78 is 0.872. The first-order valence-corrected chi connectivity index (χ1v) is 5.38. The van der Waals surface area contributed by atoms with E-state index in [0.717, 1.165) is 10.0 Å². The average Bonchev–Trinajstić information content (AvgIpc) is 2.15. The van der Waals surface area contributed by atoms with Crippen molar-refractivity contribution in [2.24, 2.45) is 0 Å². The van der Waals surface area contributed by atoms with Crippen molar-refractivity contribution >= 4 is 27.7 Å². The van der Waals surface area contributed by atoms with Gasteiger partial charge < -0.3 is 0 Å². The molecule has 1 aliphatic rings. The highest BCUT2D eigenvalue weighted by molar-refractivity contribution is 9.10. The summed E-state index contributed by atoms with van der Waals surface area (Å²) in [5.74, 6) is -0.570. The minimum Gasteiger partial charge on any atom is -0.292 e. The Kier molecular flexibility index (Phi) is 2.19. The Morgan fingerprint density at radius 3 is 2.60 bits per heavy atom. The number of halogens is 1. The molecule has 15 heavy (non-hydrogen) atoms. The van der Waals surface area contributed by atoms with Crippen molar-refractivity contribution in [3.63, 3.8) is 0 Å². The van der Waals surface area contributed by atoms with E-state index in [1.165, 1.54) is 0 Å². The van der Waals surface area contributed by atoms with Crippen molar-refractivity contribution in [3.05, 3.63) is 33.8 Å². The zero-order valence-corrected chi connectivity index (χ0v) is 10.0. The Morgan fingerprint density at radius 1 is 1.27 bits per heavy atom. The van der Waals surface area contributed by atoms with Crippen LogP contribution in [0, 0.1) is 0 Å². The molecule has 0 saturated heterocycles. The summed E-state index contributed by atoms with van der Waals surface area (Å²) in [5.41, 5.74) is 0.681. The number of benzene rings is 1. The molecule has 1 N–H and O–H groups in total. The number of imide groups is 1. The third-order valence-electron chi connectivity index (χ3n) is 2.69. The van der Waals surface area contributed by atoms with E-state index in [4.69, 9.17) is 0 Å². The zero-order valence-electron chi connectivity index (χ0n) is 8.43. The molecular weight excluding hydrogens is 258 g/mol. The lowest BCUT2D eigenvalue weighted by molar-refractivity contribution is -0.125. The van der Waals surface area contributed by atoms with Crippen molar-refractivity contribution < 1.29 is 9.59 Å². The maximum absolute atomic E-state index is 11.7. The molecule has 1 heterocycles. The van der Waals surface area contributed by atoms with E-state index in [9.17, 15) is 9.59 Å². The highest BCUT2D eigenvalue weighted by Gasteiger charge is 2.38. The molecule has 0 aliphatic carbocycles. The van der Waals surface area contributed by atoms with E-state index in [1.54, 1.807) is 26.0 Å². The van der Waals surface area contributed by atoms with Gasteiger partial charge in [-0.1, -0.05) is 15.9 Å². The van der Waals surface area contributed by atoms with E-state index >= 15 is 0 Å². The second-order valence-electron chi connectivity index (χ2n) is 4.10. The number of carbonyl (C=O) groups is 2. The number of fused-ring (bicyclic) bond motifs is 1. The van der Waals surface area contributed by atoms with Crippen molar-refractivity contribution in [1.29, 1.82) is 0 Å². The van der Waals surface area contributed by atoms with E-state index in [2.05, 4.69) is 21.2 Å². The fourth-order valence-electron chi connectivity index (χ4n) is 1.68. The number of nitrogens with one attached hydrogen (secondary N) is 1. The lowest BCUT2D eigenvalue weighted by Gasteiger charge is -2.30. The Morgan fingerprint density at radius 2 is 1.93 bits per heavy atom. The second-order valence-corrected chi connectivity index (χ2v) is 5.01. The van der Waals surface area contributed by atoms with Crippen LogP contribution in [0.15, 0.2) is 22.7 Å². The Labute approximate surface area is 96.0 Å². The SMILES string of the molecule is CC1(C)C(=O)NC(=O)c2ccc(Br)cc21. The molecule has 0 aromatic heterocycles. The number of hydrogen-bond acceptors (Lipinski definition) is 2. The molecule has 0 radical (unpaired) electrons. The van der Waals surface area contributed by atoms with E-state index in [1.807, 2.05) is 6.07 Å². The van der Waals surface area contributed by atoms with Gasteiger partial charge in [0.15, 0.2) is 0 Å². The van der Waals surface area contributed by atoms with Crippen LogP contribution in [-0.2, 0) is 10.2 Å².